The molecule has 0 saturated carbocycles. The van der Waals surface area contributed by atoms with Crippen LogP contribution in [0.4, 0.5) is 10.9 Å². The van der Waals surface area contributed by atoms with Gasteiger partial charge < -0.3 is 9.80 Å². The van der Waals surface area contributed by atoms with Gasteiger partial charge in [-0.15, -0.1) is 5.10 Å². The van der Waals surface area contributed by atoms with Gasteiger partial charge >= 0.3 is 0 Å². The smallest absolute Gasteiger partial charge is 0.186 e. The molecule has 0 radical (unpaired) electrons. The van der Waals surface area contributed by atoms with Gasteiger partial charge in [0.05, 0.1) is 15.9 Å². The summed E-state index contributed by atoms with van der Waals surface area (Å²) >= 11 is 1.80. The maximum Gasteiger partial charge on any atom is 0.186 e. The molecule has 0 unspecified atom stereocenters. The molecule has 0 aliphatic carbocycles. The van der Waals surface area contributed by atoms with Crippen LogP contribution in [0.5, 0.6) is 0 Å². The molecule has 1 aromatic carbocycles. The van der Waals surface area contributed by atoms with Gasteiger partial charge in [-0.25, -0.2) is 4.98 Å². The molecular formula is C18H21N5S. The minimum absolute atomic E-state index is 0.952. The van der Waals surface area contributed by atoms with E-state index in [2.05, 4.69) is 51.2 Å². The number of nitrogens with zero attached hydrogens (tertiary/aromatic N) is 5. The first-order valence-electron chi connectivity index (χ1n) is 8.42. The fourth-order valence-corrected chi connectivity index (χ4v) is 4.08. The average molecular weight is 339 g/mol. The summed E-state index contributed by atoms with van der Waals surface area (Å²) in [6.07, 6.45) is 1.07. The van der Waals surface area contributed by atoms with Crippen molar-refractivity contribution >= 4 is 32.5 Å². The number of hydrogen-bond donors (Lipinski definition) is 0. The molecule has 5 nitrogen and oxygen atoms in total. The summed E-state index contributed by atoms with van der Waals surface area (Å²) in [6, 6.07) is 10.7. The summed E-state index contributed by atoms with van der Waals surface area (Å²) in [7, 11) is 0. The van der Waals surface area contributed by atoms with Crippen LogP contribution in [0.25, 0.3) is 10.2 Å². The van der Waals surface area contributed by atoms with Crippen LogP contribution in [0, 0.1) is 6.92 Å². The van der Waals surface area contributed by atoms with Crippen LogP contribution >= 0.6 is 11.3 Å². The fraction of sp³-hybridized carbons (Fsp3) is 0.389. The molecule has 1 aliphatic heterocycles. The molecule has 4 rings (SSSR count). The second-order valence-electron chi connectivity index (χ2n) is 6.16. The molecule has 3 aromatic rings. The van der Waals surface area contributed by atoms with E-state index in [0.29, 0.717) is 0 Å². The monoisotopic (exact) mass is 339 g/mol. The Bertz CT molecular complexity index is 834. The summed E-state index contributed by atoms with van der Waals surface area (Å²) in [5.41, 5.74) is 3.44. The number of anilines is 2. The molecule has 0 spiro atoms. The molecule has 1 aliphatic rings. The summed E-state index contributed by atoms with van der Waals surface area (Å²) in [5.74, 6) is 0.970. The predicted molar refractivity (Wildman–Crippen MR) is 100 cm³/mol. The normalized spacial score (nSPS) is 15.2. The third-order valence-corrected chi connectivity index (χ3v) is 5.59. The number of hydrogen-bond acceptors (Lipinski definition) is 6. The average Bonchev–Trinajstić information content (AvgIpc) is 3.05. The van der Waals surface area contributed by atoms with Gasteiger partial charge in [0.2, 0.25) is 0 Å². The van der Waals surface area contributed by atoms with Crippen molar-refractivity contribution in [1.29, 1.82) is 0 Å². The molecule has 1 saturated heterocycles. The Hall–Kier alpha value is -2.21. The van der Waals surface area contributed by atoms with E-state index in [1.54, 1.807) is 11.3 Å². The zero-order valence-electron chi connectivity index (χ0n) is 14.1. The lowest BCUT2D eigenvalue weighted by Gasteiger charge is -2.34. The summed E-state index contributed by atoms with van der Waals surface area (Å²) in [4.78, 5) is 9.50. The maximum absolute atomic E-state index is 4.82. The summed E-state index contributed by atoms with van der Waals surface area (Å²) < 4.78 is 1.29. The molecule has 0 amide bonds. The molecule has 3 heterocycles. The van der Waals surface area contributed by atoms with Crippen LogP contribution in [0.3, 0.4) is 0 Å². The van der Waals surface area contributed by atoms with Gasteiger partial charge in [-0.3, -0.25) is 0 Å². The van der Waals surface area contributed by atoms with E-state index in [4.69, 9.17) is 4.98 Å². The molecule has 24 heavy (non-hydrogen) atoms. The van der Waals surface area contributed by atoms with E-state index in [0.717, 1.165) is 54.8 Å². The van der Waals surface area contributed by atoms with E-state index in [-0.39, 0.29) is 0 Å². The number of fused-ring (bicyclic) bond motifs is 1. The number of aromatic nitrogens is 3. The first-order chi connectivity index (χ1) is 11.7. The second-order valence-corrected chi connectivity index (χ2v) is 7.17. The van der Waals surface area contributed by atoms with Gasteiger partial charge in [0.1, 0.15) is 0 Å². The Morgan fingerprint density at radius 1 is 1.00 bits per heavy atom. The van der Waals surface area contributed by atoms with Gasteiger partial charge in [0.25, 0.3) is 0 Å². The van der Waals surface area contributed by atoms with E-state index < -0.39 is 0 Å². The summed E-state index contributed by atoms with van der Waals surface area (Å²) in [5, 5.41) is 9.59. The zero-order valence-corrected chi connectivity index (χ0v) is 14.9. The molecule has 6 heteroatoms. The first-order valence-corrected chi connectivity index (χ1v) is 9.24. The van der Waals surface area contributed by atoms with Gasteiger partial charge in [-0.1, -0.05) is 24.3 Å². The molecule has 0 bridgehead atoms. The van der Waals surface area contributed by atoms with Crippen LogP contribution in [0.15, 0.2) is 30.3 Å². The SMILES string of the molecule is CCc1ccc2nc(N3CCN(c4ccc(C)nn4)CC3)sc2c1. The van der Waals surface area contributed by atoms with Crippen LogP contribution in [0.1, 0.15) is 18.2 Å². The molecule has 0 N–H and O–H groups in total. The minimum atomic E-state index is 0.952. The van der Waals surface area contributed by atoms with Crippen LogP contribution in [-0.2, 0) is 6.42 Å². The Morgan fingerprint density at radius 2 is 1.79 bits per heavy atom. The maximum atomic E-state index is 4.82. The predicted octanol–water partition coefficient (Wildman–Crippen LogP) is 3.28. The van der Waals surface area contributed by atoms with E-state index in [1.807, 2.05) is 13.0 Å². The van der Waals surface area contributed by atoms with Crippen LogP contribution in [-0.4, -0.2) is 41.4 Å². The molecule has 1 fully saturated rings. The number of piperazine rings is 1. The second kappa shape index (κ2) is 6.36. The highest BCUT2D eigenvalue weighted by Crippen LogP contribution is 2.30. The minimum Gasteiger partial charge on any atom is -0.352 e. The number of thiazole rings is 1. The van der Waals surface area contributed by atoms with E-state index in [1.165, 1.54) is 10.3 Å². The topological polar surface area (TPSA) is 45.2 Å². The van der Waals surface area contributed by atoms with Gasteiger partial charge in [0.15, 0.2) is 10.9 Å². The molecular weight excluding hydrogens is 318 g/mol. The Balaban J connectivity index is 1.48. The third-order valence-electron chi connectivity index (χ3n) is 4.51. The van der Waals surface area contributed by atoms with Crippen molar-refractivity contribution in [3.8, 4) is 0 Å². The highest BCUT2D eigenvalue weighted by molar-refractivity contribution is 7.22. The number of rotatable bonds is 3. The molecule has 2 aromatic heterocycles. The number of aryl methyl sites for hydroxylation is 2. The highest BCUT2D eigenvalue weighted by Gasteiger charge is 2.21. The zero-order chi connectivity index (χ0) is 16.5. The Labute approximate surface area is 146 Å². The van der Waals surface area contributed by atoms with Crippen LogP contribution in [0.2, 0.25) is 0 Å². The Kier molecular flexibility index (Phi) is 4.06. The largest absolute Gasteiger partial charge is 0.352 e. The first kappa shape index (κ1) is 15.3. The Morgan fingerprint density at radius 3 is 2.50 bits per heavy atom. The lowest BCUT2D eigenvalue weighted by atomic mass is 10.2. The van der Waals surface area contributed by atoms with Crippen molar-refractivity contribution in [2.24, 2.45) is 0 Å². The van der Waals surface area contributed by atoms with Crippen molar-refractivity contribution in [3.05, 3.63) is 41.6 Å². The third kappa shape index (κ3) is 2.94. The van der Waals surface area contributed by atoms with Crippen molar-refractivity contribution in [2.45, 2.75) is 20.3 Å². The van der Waals surface area contributed by atoms with Crippen molar-refractivity contribution < 1.29 is 0 Å². The highest BCUT2D eigenvalue weighted by atomic mass is 32.1. The van der Waals surface area contributed by atoms with Crippen molar-refractivity contribution in [3.63, 3.8) is 0 Å². The lowest BCUT2D eigenvalue weighted by Crippen LogP contribution is -2.46. The van der Waals surface area contributed by atoms with Gasteiger partial charge in [0, 0.05) is 26.2 Å². The number of benzene rings is 1. The van der Waals surface area contributed by atoms with Gasteiger partial charge in [-0.05, 0) is 43.2 Å². The van der Waals surface area contributed by atoms with Gasteiger partial charge in [-0.2, -0.15) is 5.10 Å². The lowest BCUT2D eigenvalue weighted by molar-refractivity contribution is 0.642. The fourth-order valence-electron chi connectivity index (χ4n) is 3.00. The van der Waals surface area contributed by atoms with Crippen molar-refractivity contribution in [1.82, 2.24) is 15.2 Å². The molecule has 124 valence electrons. The van der Waals surface area contributed by atoms with Crippen molar-refractivity contribution in [2.75, 3.05) is 36.0 Å². The summed E-state index contributed by atoms with van der Waals surface area (Å²) in [6.45, 7) is 8.00. The van der Waals surface area contributed by atoms with E-state index in [9.17, 15) is 0 Å². The van der Waals surface area contributed by atoms with E-state index >= 15 is 0 Å². The standard InChI is InChI=1S/C18H21N5S/c1-3-14-5-6-15-16(12-14)24-18(19-15)23-10-8-22(9-11-23)17-7-4-13(2)20-21-17/h4-7,12H,3,8-11H2,1-2H3. The molecule has 0 atom stereocenters. The quantitative estimate of drug-likeness (QED) is 0.733. The van der Waals surface area contributed by atoms with Crippen LogP contribution < -0.4 is 9.80 Å².